The predicted octanol–water partition coefficient (Wildman–Crippen LogP) is 1.25. The molecule has 11 heteroatoms. The number of hydrogen-bond acceptors (Lipinski definition) is 6. The highest BCUT2D eigenvalue weighted by molar-refractivity contribution is 9.10. The number of amides is 5. The van der Waals surface area contributed by atoms with E-state index in [4.69, 9.17) is 4.74 Å². The second-order valence-electron chi connectivity index (χ2n) is 7.72. The molecule has 0 bridgehead atoms. The number of rotatable bonds is 6. The topological polar surface area (TPSA) is 134 Å². The highest BCUT2D eigenvalue weighted by Gasteiger charge is 2.52. The third kappa shape index (κ3) is 5.40. The van der Waals surface area contributed by atoms with Gasteiger partial charge in [0.2, 0.25) is 0 Å². The minimum Gasteiger partial charge on any atom is -0.454 e. The van der Waals surface area contributed by atoms with Crippen LogP contribution in [0.1, 0.15) is 43.0 Å². The number of halogens is 1. The second kappa shape index (κ2) is 9.46. The van der Waals surface area contributed by atoms with Gasteiger partial charge in [-0.05, 0) is 55.9 Å². The molecule has 3 N–H and O–H groups in total. The van der Waals surface area contributed by atoms with Crippen LogP contribution in [0.2, 0.25) is 0 Å². The van der Waals surface area contributed by atoms with Gasteiger partial charge in [0.25, 0.3) is 17.7 Å². The Hall–Kier alpha value is -2.95. The maximum absolute atomic E-state index is 12.7. The summed E-state index contributed by atoms with van der Waals surface area (Å²) in [7, 11) is 0. The van der Waals surface area contributed by atoms with Crippen molar-refractivity contribution in [3.63, 3.8) is 0 Å². The van der Waals surface area contributed by atoms with Gasteiger partial charge in [0, 0.05) is 10.0 Å². The van der Waals surface area contributed by atoms with Crippen LogP contribution in [0, 0.1) is 5.92 Å². The van der Waals surface area contributed by atoms with Gasteiger partial charge in [-0.15, -0.1) is 0 Å². The summed E-state index contributed by atoms with van der Waals surface area (Å²) in [5.74, 6) is -2.18. The lowest BCUT2D eigenvalue weighted by atomic mass is 9.77. The Morgan fingerprint density at radius 3 is 2.48 bits per heavy atom. The van der Waals surface area contributed by atoms with Crippen LogP contribution >= 0.6 is 15.9 Å². The van der Waals surface area contributed by atoms with E-state index in [2.05, 4.69) is 38.9 Å². The summed E-state index contributed by atoms with van der Waals surface area (Å²) in [5, 5.41) is 5.70. The van der Waals surface area contributed by atoms with E-state index in [1.807, 2.05) is 0 Å². The molecule has 166 valence electrons. The van der Waals surface area contributed by atoms with E-state index >= 15 is 0 Å². The summed E-state index contributed by atoms with van der Waals surface area (Å²) >= 11 is 3.26. The number of carbonyl (C=O) groups is 5. The van der Waals surface area contributed by atoms with Crippen molar-refractivity contribution in [2.24, 2.45) is 5.92 Å². The largest absolute Gasteiger partial charge is 0.454 e. The number of ether oxygens (including phenoxy) is 1. The van der Waals surface area contributed by atoms with E-state index < -0.39 is 48.4 Å². The molecule has 1 aliphatic heterocycles. The van der Waals surface area contributed by atoms with Crippen molar-refractivity contribution < 1.29 is 28.7 Å². The third-order valence-electron chi connectivity index (χ3n) is 5.39. The van der Waals surface area contributed by atoms with Crippen molar-refractivity contribution in [3.05, 3.63) is 34.3 Å². The average Bonchev–Trinajstić information content (AvgIpc) is 2.97. The van der Waals surface area contributed by atoms with Crippen LogP contribution in [0.25, 0.3) is 0 Å². The molecular formula is C20H23BrN4O6. The predicted molar refractivity (Wildman–Crippen MR) is 111 cm³/mol. The van der Waals surface area contributed by atoms with E-state index in [-0.39, 0.29) is 0 Å². The number of urea groups is 1. The van der Waals surface area contributed by atoms with Crippen molar-refractivity contribution in [3.8, 4) is 0 Å². The monoisotopic (exact) mass is 494 g/mol. The SMILES string of the molecule is CC1CCC2(CC1)NC(=O)N(NC(=O)COC(=O)CNC(=O)c1ccc(Br)cc1)C2=O. The zero-order chi connectivity index (χ0) is 22.6. The van der Waals surface area contributed by atoms with Gasteiger partial charge in [0.15, 0.2) is 6.61 Å². The average molecular weight is 495 g/mol. The lowest BCUT2D eigenvalue weighted by Crippen LogP contribution is -2.52. The van der Waals surface area contributed by atoms with E-state index in [0.717, 1.165) is 17.3 Å². The van der Waals surface area contributed by atoms with Crippen LogP contribution < -0.4 is 16.1 Å². The molecule has 10 nitrogen and oxygen atoms in total. The zero-order valence-corrected chi connectivity index (χ0v) is 18.5. The van der Waals surface area contributed by atoms with Crippen LogP contribution in [-0.4, -0.2) is 53.4 Å². The molecule has 2 fully saturated rings. The molecule has 5 amide bonds. The van der Waals surface area contributed by atoms with Crippen molar-refractivity contribution >= 4 is 45.7 Å². The molecule has 0 radical (unpaired) electrons. The Bertz CT molecular complexity index is 895. The third-order valence-corrected chi connectivity index (χ3v) is 5.92. The first-order chi connectivity index (χ1) is 14.7. The lowest BCUT2D eigenvalue weighted by Gasteiger charge is -2.33. The van der Waals surface area contributed by atoms with E-state index in [0.29, 0.717) is 29.3 Å². The van der Waals surface area contributed by atoms with E-state index in [9.17, 15) is 24.0 Å². The number of nitrogens with one attached hydrogen (secondary N) is 3. The normalized spacial score (nSPS) is 22.8. The van der Waals surface area contributed by atoms with Gasteiger partial charge < -0.3 is 15.4 Å². The van der Waals surface area contributed by atoms with Gasteiger partial charge in [0.05, 0.1) is 0 Å². The number of benzene rings is 1. The van der Waals surface area contributed by atoms with Gasteiger partial charge in [-0.2, -0.15) is 5.01 Å². The highest BCUT2D eigenvalue weighted by Crippen LogP contribution is 2.35. The fraction of sp³-hybridized carbons (Fsp3) is 0.450. The molecule has 1 saturated carbocycles. The molecule has 1 saturated heterocycles. The van der Waals surface area contributed by atoms with Crippen LogP contribution in [0.4, 0.5) is 4.79 Å². The Labute approximate surface area is 187 Å². The summed E-state index contributed by atoms with van der Waals surface area (Å²) in [6.45, 7) is 0.948. The van der Waals surface area contributed by atoms with E-state index in [1.54, 1.807) is 24.3 Å². The molecule has 3 rings (SSSR count). The van der Waals surface area contributed by atoms with Gasteiger partial charge in [-0.1, -0.05) is 22.9 Å². The maximum Gasteiger partial charge on any atom is 0.344 e. The highest BCUT2D eigenvalue weighted by atomic mass is 79.9. The molecule has 1 heterocycles. The fourth-order valence-electron chi connectivity index (χ4n) is 3.53. The van der Waals surface area contributed by atoms with Crippen molar-refractivity contribution in [1.29, 1.82) is 0 Å². The Balaban J connectivity index is 1.43. The zero-order valence-electron chi connectivity index (χ0n) is 16.9. The summed E-state index contributed by atoms with van der Waals surface area (Å²) < 4.78 is 5.61. The summed E-state index contributed by atoms with van der Waals surface area (Å²) in [5.41, 5.74) is 1.55. The summed E-state index contributed by atoms with van der Waals surface area (Å²) in [6.07, 6.45) is 2.63. The quantitative estimate of drug-likeness (QED) is 0.402. The molecule has 1 aromatic rings. The van der Waals surface area contributed by atoms with Crippen molar-refractivity contribution in [2.75, 3.05) is 13.2 Å². The Kier molecular flexibility index (Phi) is 6.94. The first-order valence-electron chi connectivity index (χ1n) is 9.86. The van der Waals surface area contributed by atoms with Crippen LogP contribution in [0.3, 0.4) is 0 Å². The van der Waals surface area contributed by atoms with Gasteiger partial charge in [-0.3, -0.25) is 24.6 Å². The van der Waals surface area contributed by atoms with E-state index in [1.165, 1.54) is 0 Å². The molecule has 0 atom stereocenters. The molecule has 2 aliphatic rings. The first-order valence-corrected chi connectivity index (χ1v) is 10.6. The van der Waals surface area contributed by atoms with Gasteiger partial charge >= 0.3 is 12.0 Å². The lowest BCUT2D eigenvalue weighted by molar-refractivity contribution is -0.150. The molecule has 0 aromatic heterocycles. The summed E-state index contributed by atoms with van der Waals surface area (Å²) in [4.78, 5) is 60.7. The number of hydrogen-bond donors (Lipinski definition) is 3. The molecule has 31 heavy (non-hydrogen) atoms. The summed E-state index contributed by atoms with van der Waals surface area (Å²) in [6, 6.07) is 5.82. The first kappa shape index (κ1) is 22.7. The number of imide groups is 1. The smallest absolute Gasteiger partial charge is 0.344 e. The second-order valence-corrected chi connectivity index (χ2v) is 8.64. The van der Waals surface area contributed by atoms with Crippen molar-refractivity contribution in [1.82, 2.24) is 21.1 Å². The Morgan fingerprint density at radius 1 is 1.19 bits per heavy atom. The fourth-order valence-corrected chi connectivity index (χ4v) is 3.79. The van der Waals surface area contributed by atoms with Crippen LogP contribution in [-0.2, 0) is 19.1 Å². The number of hydrazine groups is 1. The number of nitrogens with zero attached hydrogens (tertiary/aromatic N) is 1. The maximum atomic E-state index is 12.7. The molecule has 1 spiro atoms. The van der Waals surface area contributed by atoms with Gasteiger partial charge in [0.1, 0.15) is 12.1 Å². The molecule has 0 unspecified atom stereocenters. The van der Waals surface area contributed by atoms with Gasteiger partial charge in [-0.25, -0.2) is 4.79 Å². The minimum atomic E-state index is -0.981. The number of carbonyl (C=O) groups excluding carboxylic acids is 5. The molecule has 1 aromatic carbocycles. The minimum absolute atomic E-state index is 0.360. The van der Waals surface area contributed by atoms with Crippen LogP contribution in [0.15, 0.2) is 28.7 Å². The standard InChI is InChI=1S/C20H23BrN4O6/c1-12-6-8-20(9-7-12)18(29)25(19(30)23-20)24-15(26)11-31-16(27)10-22-17(28)13-2-4-14(21)5-3-13/h2-5,12H,6-11H2,1H3,(H,22,28)(H,23,30)(H,24,26). The number of esters is 1. The molecular weight excluding hydrogens is 472 g/mol. The molecule has 1 aliphatic carbocycles. The van der Waals surface area contributed by atoms with Crippen LogP contribution in [0.5, 0.6) is 0 Å². The Morgan fingerprint density at radius 2 is 1.84 bits per heavy atom. The van der Waals surface area contributed by atoms with Crippen molar-refractivity contribution in [2.45, 2.75) is 38.1 Å².